The zero-order chi connectivity index (χ0) is 14.2. The summed E-state index contributed by atoms with van der Waals surface area (Å²) in [6.45, 7) is 1.05. The van der Waals surface area contributed by atoms with E-state index in [1.165, 1.54) is 6.42 Å². The van der Waals surface area contributed by atoms with Crippen LogP contribution in [0.4, 0.5) is 0 Å². The maximum atomic E-state index is 6.34. The summed E-state index contributed by atoms with van der Waals surface area (Å²) < 4.78 is 5.99. The van der Waals surface area contributed by atoms with E-state index in [4.69, 9.17) is 16.0 Å². The molecule has 1 aliphatic rings. The van der Waals surface area contributed by atoms with Crippen LogP contribution in [0, 0.1) is 0 Å². The van der Waals surface area contributed by atoms with E-state index in [9.17, 15) is 0 Å². The second-order valence-corrected chi connectivity index (χ2v) is 5.73. The Morgan fingerprint density at radius 2 is 2.05 bits per heavy atom. The van der Waals surface area contributed by atoms with E-state index in [1.54, 1.807) is 0 Å². The van der Waals surface area contributed by atoms with Gasteiger partial charge in [-0.2, -0.15) is 0 Å². The number of aromatic nitrogens is 1. The molecule has 0 saturated carbocycles. The molecule has 1 aromatic carbocycles. The summed E-state index contributed by atoms with van der Waals surface area (Å²) in [5, 5.41) is 3.95. The average Bonchev–Trinajstić information content (AvgIpc) is 3.16. The molecule has 4 heteroatoms. The standard InChI is InChI=1S/C17H15ClN2O/c18-17-12(11-5-2-1-3-6-11)9-15-14(20-17)10-16(21-15)13-7-4-8-19-13/h1-3,5-6,9-10,13,19H,4,7-8H2. The van der Waals surface area contributed by atoms with Crippen molar-refractivity contribution in [3.05, 3.63) is 53.4 Å². The van der Waals surface area contributed by atoms with Gasteiger partial charge < -0.3 is 9.73 Å². The van der Waals surface area contributed by atoms with Crippen molar-refractivity contribution in [2.45, 2.75) is 18.9 Å². The van der Waals surface area contributed by atoms with Crippen molar-refractivity contribution in [2.75, 3.05) is 6.54 Å². The quantitative estimate of drug-likeness (QED) is 0.704. The lowest BCUT2D eigenvalue weighted by molar-refractivity contribution is 0.471. The third-order valence-corrected chi connectivity index (χ3v) is 4.25. The Morgan fingerprint density at radius 1 is 1.19 bits per heavy atom. The molecule has 0 radical (unpaired) electrons. The number of halogens is 1. The first kappa shape index (κ1) is 12.9. The molecule has 3 heterocycles. The van der Waals surface area contributed by atoms with Crippen molar-refractivity contribution in [3.63, 3.8) is 0 Å². The topological polar surface area (TPSA) is 38.1 Å². The minimum atomic E-state index is 0.304. The highest BCUT2D eigenvalue weighted by atomic mass is 35.5. The van der Waals surface area contributed by atoms with E-state index in [2.05, 4.69) is 10.3 Å². The first-order valence-corrected chi connectivity index (χ1v) is 7.58. The molecule has 2 aromatic heterocycles. The Balaban J connectivity index is 1.81. The van der Waals surface area contributed by atoms with Gasteiger partial charge >= 0.3 is 0 Å². The summed E-state index contributed by atoms with van der Waals surface area (Å²) in [4.78, 5) is 4.49. The van der Waals surface area contributed by atoms with Gasteiger partial charge in [-0.3, -0.25) is 0 Å². The van der Waals surface area contributed by atoms with E-state index in [0.717, 1.165) is 41.0 Å². The van der Waals surface area contributed by atoms with Gasteiger partial charge in [-0.15, -0.1) is 0 Å². The Morgan fingerprint density at radius 3 is 2.81 bits per heavy atom. The molecule has 21 heavy (non-hydrogen) atoms. The summed E-state index contributed by atoms with van der Waals surface area (Å²) in [6, 6.07) is 14.3. The first-order chi connectivity index (χ1) is 10.3. The number of hydrogen-bond acceptors (Lipinski definition) is 3. The van der Waals surface area contributed by atoms with Crippen molar-refractivity contribution in [3.8, 4) is 11.1 Å². The number of furan rings is 1. The van der Waals surface area contributed by atoms with Gasteiger partial charge in [-0.25, -0.2) is 4.98 Å². The molecular formula is C17H15ClN2O. The number of benzene rings is 1. The van der Waals surface area contributed by atoms with Crippen LogP contribution in [-0.2, 0) is 0 Å². The summed E-state index contributed by atoms with van der Waals surface area (Å²) in [7, 11) is 0. The highest BCUT2D eigenvalue weighted by Gasteiger charge is 2.21. The van der Waals surface area contributed by atoms with Gasteiger partial charge in [-0.1, -0.05) is 41.9 Å². The molecular weight excluding hydrogens is 284 g/mol. The molecule has 1 unspecified atom stereocenters. The Labute approximate surface area is 127 Å². The zero-order valence-corrected chi connectivity index (χ0v) is 12.2. The van der Waals surface area contributed by atoms with Crippen LogP contribution in [0.3, 0.4) is 0 Å². The monoisotopic (exact) mass is 298 g/mol. The maximum Gasteiger partial charge on any atom is 0.153 e. The first-order valence-electron chi connectivity index (χ1n) is 7.20. The number of fused-ring (bicyclic) bond motifs is 1. The maximum absolute atomic E-state index is 6.34. The van der Waals surface area contributed by atoms with E-state index in [-0.39, 0.29) is 0 Å². The fraction of sp³-hybridized carbons (Fsp3) is 0.235. The van der Waals surface area contributed by atoms with Crippen LogP contribution in [0.25, 0.3) is 22.2 Å². The second kappa shape index (κ2) is 5.17. The predicted octanol–water partition coefficient (Wildman–Crippen LogP) is 4.57. The van der Waals surface area contributed by atoms with Gasteiger partial charge in [0.15, 0.2) is 5.58 Å². The number of nitrogens with zero attached hydrogens (tertiary/aromatic N) is 1. The van der Waals surface area contributed by atoms with Crippen molar-refractivity contribution in [1.82, 2.24) is 10.3 Å². The minimum absolute atomic E-state index is 0.304. The number of hydrogen-bond donors (Lipinski definition) is 1. The molecule has 0 amide bonds. The molecule has 1 saturated heterocycles. The van der Waals surface area contributed by atoms with Gasteiger partial charge in [0.1, 0.15) is 16.4 Å². The van der Waals surface area contributed by atoms with Crippen LogP contribution in [0.15, 0.2) is 46.9 Å². The van der Waals surface area contributed by atoms with Crippen molar-refractivity contribution in [2.24, 2.45) is 0 Å². The summed E-state index contributed by atoms with van der Waals surface area (Å²) in [6.07, 6.45) is 2.30. The number of pyridine rings is 1. The summed E-state index contributed by atoms with van der Waals surface area (Å²) in [5.41, 5.74) is 3.57. The van der Waals surface area contributed by atoms with Gasteiger partial charge in [0.2, 0.25) is 0 Å². The summed E-state index contributed by atoms with van der Waals surface area (Å²) in [5.74, 6) is 0.955. The molecule has 1 aliphatic heterocycles. The second-order valence-electron chi connectivity index (χ2n) is 5.37. The molecule has 0 spiro atoms. The largest absolute Gasteiger partial charge is 0.458 e. The fourth-order valence-electron chi connectivity index (χ4n) is 2.88. The Hall–Kier alpha value is -1.84. The molecule has 106 valence electrons. The normalized spacial score (nSPS) is 18.4. The van der Waals surface area contributed by atoms with E-state index >= 15 is 0 Å². The van der Waals surface area contributed by atoms with Gasteiger partial charge in [0.25, 0.3) is 0 Å². The molecule has 1 fully saturated rings. The Bertz CT molecular complexity index is 776. The number of nitrogens with one attached hydrogen (secondary N) is 1. The van der Waals surface area contributed by atoms with Crippen molar-refractivity contribution in [1.29, 1.82) is 0 Å². The molecule has 3 aromatic rings. The molecule has 1 atom stereocenters. The number of rotatable bonds is 2. The fourth-order valence-corrected chi connectivity index (χ4v) is 3.14. The van der Waals surface area contributed by atoms with Crippen LogP contribution in [0.5, 0.6) is 0 Å². The van der Waals surface area contributed by atoms with Crippen LogP contribution < -0.4 is 5.32 Å². The minimum Gasteiger partial charge on any atom is -0.458 e. The lowest BCUT2D eigenvalue weighted by Crippen LogP contribution is -2.11. The SMILES string of the molecule is Clc1nc2cc(C3CCCN3)oc2cc1-c1ccccc1. The van der Waals surface area contributed by atoms with Crippen LogP contribution in [0.2, 0.25) is 5.15 Å². The van der Waals surface area contributed by atoms with Crippen LogP contribution in [-0.4, -0.2) is 11.5 Å². The highest BCUT2D eigenvalue weighted by molar-refractivity contribution is 6.32. The molecule has 4 rings (SSSR count). The molecule has 1 N–H and O–H groups in total. The van der Waals surface area contributed by atoms with Gasteiger partial charge in [0, 0.05) is 11.6 Å². The third kappa shape index (κ3) is 2.33. The molecule has 0 aliphatic carbocycles. The lowest BCUT2D eigenvalue weighted by Gasteiger charge is -2.04. The summed E-state index contributed by atoms with van der Waals surface area (Å²) >= 11 is 6.34. The highest BCUT2D eigenvalue weighted by Crippen LogP contribution is 2.33. The molecule has 0 bridgehead atoms. The smallest absolute Gasteiger partial charge is 0.153 e. The van der Waals surface area contributed by atoms with Crippen molar-refractivity contribution >= 4 is 22.7 Å². The van der Waals surface area contributed by atoms with Gasteiger partial charge in [0.05, 0.1) is 6.04 Å². The van der Waals surface area contributed by atoms with Crippen molar-refractivity contribution < 1.29 is 4.42 Å². The molecule has 3 nitrogen and oxygen atoms in total. The van der Waals surface area contributed by atoms with Crippen LogP contribution >= 0.6 is 11.6 Å². The van der Waals surface area contributed by atoms with E-state index in [0.29, 0.717) is 11.2 Å². The predicted molar refractivity (Wildman–Crippen MR) is 84.4 cm³/mol. The Kier molecular flexibility index (Phi) is 3.17. The van der Waals surface area contributed by atoms with Crippen LogP contribution in [0.1, 0.15) is 24.6 Å². The van der Waals surface area contributed by atoms with Gasteiger partial charge in [-0.05, 0) is 31.0 Å². The van der Waals surface area contributed by atoms with E-state index < -0.39 is 0 Å². The average molecular weight is 299 g/mol. The third-order valence-electron chi connectivity index (χ3n) is 3.96. The van der Waals surface area contributed by atoms with E-state index in [1.807, 2.05) is 42.5 Å². The lowest BCUT2D eigenvalue weighted by atomic mass is 10.1. The zero-order valence-electron chi connectivity index (χ0n) is 11.5.